The number of rotatable bonds is 6. The molecule has 0 aliphatic rings. The second kappa shape index (κ2) is 9.27. The maximum atomic E-state index is 13.3. The Morgan fingerprint density at radius 1 is 1.15 bits per heavy atom. The third-order valence-electron chi connectivity index (χ3n) is 5.20. The first-order valence-corrected chi connectivity index (χ1v) is 11.4. The monoisotopic (exact) mass is 508 g/mol. The molecule has 0 aliphatic heterocycles. The van der Waals surface area contributed by atoms with E-state index in [9.17, 15) is 4.79 Å². The zero-order valence-corrected chi connectivity index (χ0v) is 20.8. The van der Waals surface area contributed by atoms with Gasteiger partial charge >= 0.3 is 0 Å². The van der Waals surface area contributed by atoms with Gasteiger partial charge in [0, 0.05) is 43.3 Å². The van der Waals surface area contributed by atoms with Gasteiger partial charge in [0.15, 0.2) is 0 Å². The van der Waals surface area contributed by atoms with E-state index in [4.69, 9.17) is 9.72 Å². The van der Waals surface area contributed by atoms with Gasteiger partial charge in [-0.25, -0.2) is 9.97 Å². The van der Waals surface area contributed by atoms with E-state index in [1.54, 1.807) is 21.5 Å². The van der Waals surface area contributed by atoms with Gasteiger partial charge in [0.05, 0.1) is 22.8 Å². The molecular formula is C24H25BrN6O2. The molecule has 4 aromatic rings. The summed E-state index contributed by atoms with van der Waals surface area (Å²) >= 11 is 3.42. The summed E-state index contributed by atoms with van der Waals surface area (Å²) in [5.41, 5.74) is 4.37. The van der Waals surface area contributed by atoms with Crippen LogP contribution >= 0.6 is 15.9 Å². The van der Waals surface area contributed by atoms with Crippen LogP contribution in [-0.2, 0) is 13.7 Å². The third-order valence-corrected chi connectivity index (χ3v) is 5.93. The van der Waals surface area contributed by atoms with Crippen LogP contribution in [0.1, 0.15) is 42.5 Å². The van der Waals surface area contributed by atoms with Crippen LogP contribution in [0, 0.1) is 13.8 Å². The lowest BCUT2D eigenvalue weighted by Crippen LogP contribution is -2.22. The van der Waals surface area contributed by atoms with Gasteiger partial charge in [0.25, 0.3) is 5.56 Å². The standard InChI is InChI=1S/C24H25BrN6O2/c1-14(2)23-27-12-15(3)22(28-23)19-11-18(6-8-26-19)31-16(4)10-20(21(25)24(31)32)33-13-17-7-9-30(5)29-17/h6-12,14H,13H2,1-5H3. The molecule has 0 radical (unpaired) electrons. The molecule has 0 aromatic carbocycles. The van der Waals surface area contributed by atoms with Crippen molar-refractivity contribution in [1.82, 2.24) is 29.3 Å². The molecule has 0 bridgehead atoms. The molecule has 0 unspecified atom stereocenters. The second-order valence-electron chi connectivity index (χ2n) is 8.19. The lowest BCUT2D eigenvalue weighted by molar-refractivity contribution is 0.296. The summed E-state index contributed by atoms with van der Waals surface area (Å²) in [4.78, 5) is 26.9. The first-order valence-electron chi connectivity index (χ1n) is 10.6. The summed E-state index contributed by atoms with van der Waals surface area (Å²) in [6.07, 6.45) is 5.35. The van der Waals surface area contributed by atoms with E-state index in [0.29, 0.717) is 21.6 Å². The first kappa shape index (κ1) is 22.8. The van der Waals surface area contributed by atoms with E-state index in [2.05, 4.69) is 44.8 Å². The van der Waals surface area contributed by atoms with Crippen molar-refractivity contribution in [1.29, 1.82) is 0 Å². The number of aromatic nitrogens is 6. The van der Waals surface area contributed by atoms with Crippen LogP contribution in [0.15, 0.2) is 52.1 Å². The molecule has 0 amide bonds. The Kier molecular flexibility index (Phi) is 6.42. The molecule has 0 saturated carbocycles. The minimum atomic E-state index is -0.217. The SMILES string of the molecule is Cc1cnc(C(C)C)nc1-c1cc(-n2c(C)cc(OCc3ccn(C)n3)c(Br)c2=O)ccn1. The number of hydrogen-bond acceptors (Lipinski definition) is 6. The Labute approximate surface area is 200 Å². The summed E-state index contributed by atoms with van der Waals surface area (Å²) in [6.45, 7) is 8.20. The highest BCUT2D eigenvalue weighted by Crippen LogP contribution is 2.27. The third kappa shape index (κ3) is 4.73. The normalized spacial score (nSPS) is 11.2. The van der Waals surface area contributed by atoms with Gasteiger partial charge in [-0.1, -0.05) is 13.8 Å². The van der Waals surface area contributed by atoms with E-state index in [0.717, 1.165) is 28.5 Å². The molecule has 0 N–H and O–H groups in total. The summed E-state index contributed by atoms with van der Waals surface area (Å²) in [6, 6.07) is 7.38. The predicted octanol–water partition coefficient (Wildman–Crippen LogP) is 4.50. The number of aryl methyl sites for hydroxylation is 3. The average molecular weight is 509 g/mol. The van der Waals surface area contributed by atoms with Crippen LogP contribution in [0.4, 0.5) is 0 Å². The molecule has 4 rings (SSSR count). The fourth-order valence-corrected chi connectivity index (χ4v) is 3.89. The highest BCUT2D eigenvalue weighted by atomic mass is 79.9. The number of nitrogens with zero attached hydrogens (tertiary/aromatic N) is 6. The van der Waals surface area contributed by atoms with Crippen molar-refractivity contribution < 1.29 is 4.74 Å². The topological polar surface area (TPSA) is 87.7 Å². The fourth-order valence-electron chi connectivity index (χ4n) is 3.48. The maximum Gasteiger partial charge on any atom is 0.273 e. The van der Waals surface area contributed by atoms with Crippen LogP contribution in [0.5, 0.6) is 5.75 Å². The van der Waals surface area contributed by atoms with E-state index in [-0.39, 0.29) is 18.1 Å². The minimum Gasteiger partial charge on any atom is -0.486 e. The smallest absolute Gasteiger partial charge is 0.273 e. The zero-order valence-electron chi connectivity index (χ0n) is 19.2. The van der Waals surface area contributed by atoms with Crippen LogP contribution < -0.4 is 10.3 Å². The number of halogens is 1. The zero-order chi connectivity index (χ0) is 23.7. The van der Waals surface area contributed by atoms with Crippen LogP contribution in [0.25, 0.3) is 17.1 Å². The van der Waals surface area contributed by atoms with Gasteiger partial charge in [0.1, 0.15) is 22.7 Å². The Morgan fingerprint density at radius 2 is 1.94 bits per heavy atom. The lowest BCUT2D eigenvalue weighted by Gasteiger charge is -2.15. The van der Waals surface area contributed by atoms with Crippen molar-refractivity contribution in [2.45, 2.75) is 40.2 Å². The van der Waals surface area contributed by atoms with Crippen molar-refractivity contribution >= 4 is 15.9 Å². The minimum absolute atomic E-state index is 0.201. The van der Waals surface area contributed by atoms with Crippen LogP contribution in [0.2, 0.25) is 0 Å². The Bertz CT molecular complexity index is 1380. The molecule has 0 saturated heterocycles. The van der Waals surface area contributed by atoms with Crippen molar-refractivity contribution in [2.24, 2.45) is 7.05 Å². The Hall–Kier alpha value is -3.33. The molecular weight excluding hydrogens is 484 g/mol. The first-order chi connectivity index (χ1) is 15.7. The van der Waals surface area contributed by atoms with Gasteiger partial charge in [-0.3, -0.25) is 19.0 Å². The van der Waals surface area contributed by atoms with Crippen molar-refractivity contribution in [3.8, 4) is 22.8 Å². The number of pyridine rings is 2. The Balaban J connectivity index is 1.71. The largest absolute Gasteiger partial charge is 0.486 e. The highest BCUT2D eigenvalue weighted by molar-refractivity contribution is 9.10. The summed E-state index contributed by atoms with van der Waals surface area (Å²) < 4.78 is 9.55. The van der Waals surface area contributed by atoms with Crippen molar-refractivity contribution in [2.75, 3.05) is 0 Å². The van der Waals surface area contributed by atoms with Crippen LogP contribution in [0.3, 0.4) is 0 Å². The highest BCUT2D eigenvalue weighted by Gasteiger charge is 2.16. The molecule has 0 aliphatic carbocycles. The second-order valence-corrected chi connectivity index (χ2v) is 8.98. The van der Waals surface area contributed by atoms with E-state index in [1.807, 2.05) is 51.5 Å². The lowest BCUT2D eigenvalue weighted by atomic mass is 10.1. The Morgan fingerprint density at radius 3 is 2.64 bits per heavy atom. The van der Waals surface area contributed by atoms with Crippen molar-refractivity contribution in [3.63, 3.8) is 0 Å². The molecule has 0 spiro atoms. The molecule has 4 aromatic heterocycles. The number of ether oxygens (including phenoxy) is 1. The van der Waals surface area contributed by atoms with Gasteiger partial charge in [0.2, 0.25) is 0 Å². The van der Waals surface area contributed by atoms with Gasteiger partial charge in [-0.2, -0.15) is 5.10 Å². The average Bonchev–Trinajstić information content (AvgIpc) is 3.21. The molecule has 0 atom stereocenters. The van der Waals surface area contributed by atoms with Crippen molar-refractivity contribution in [3.05, 3.63) is 80.5 Å². The maximum absolute atomic E-state index is 13.3. The van der Waals surface area contributed by atoms with E-state index < -0.39 is 0 Å². The summed E-state index contributed by atoms with van der Waals surface area (Å²) in [5.74, 6) is 1.43. The van der Waals surface area contributed by atoms with Crippen LogP contribution in [-0.4, -0.2) is 29.3 Å². The molecule has 4 heterocycles. The molecule has 9 heteroatoms. The van der Waals surface area contributed by atoms with Gasteiger partial charge in [-0.05, 0) is 53.5 Å². The van der Waals surface area contributed by atoms with E-state index >= 15 is 0 Å². The van der Waals surface area contributed by atoms with Gasteiger partial charge in [-0.15, -0.1) is 0 Å². The van der Waals surface area contributed by atoms with E-state index in [1.165, 1.54) is 0 Å². The van der Waals surface area contributed by atoms with Gasteiger partial charge < -0.3 is 4.74 Å². The molecule has 33 heavy (non-hydrogen) atoms. The quantitative estimate of drug-likeness (QED) is 0.380. The summed E-state index contributed by atoms with van der Waals surface area (Å²) in [7, 11) is 1.85. The molecule has 0 fully saturated rings. The predicted molar refractivity (Wildman–Crippen MR) is 130 cm³/mol. The number of hydrogen-bond donors (Lipinski definition) is 0. The molecule has 170 valence electrons. The fraction of sp³-hybridized carbons (Fsp3) is 0.292. The molecule has 8 nitrogen and oxygen atoms in total. The summed E-state index contributed by atoms with van der Waals surface area (Å²) in [5, 5.41) is 4.30.